The van der Waals surface area contributed by atoms with Crippen molar-refractivity contribution in [3.8, 4) is 0 Å². The van der Waals surface area contributed by atoms with Gasteiger partial charge in [0.25, 0.3) is 0 Å². The monoisotopic (exact) mass is 285 g/mol. The van der Waals surface area contributed by atoms with Gasteiger partial charge in [0.1, 0.15) is 0 Å². The van der Waals surface area contributed by atoms with Crippen LogP contribution in [-0.2, 0) is 4.79 Å². The van der Waals surface area contributed by atoms with E-state index < -0.39 is 0 Å². The second-order valence-corrected chi connectivity index (χ2v) is 6.44. The topological polar surface area (TPSA) is 29.1 Å². The van der Waals surface area contributed by atoms with Crippen molar-refractivity contribution in [2.45, 2.75) is 44.0 Å². The summed E-state index contributed by atoms with van der Waals surface area (Å²) in [6, 6.07) is 7.68. The molecule has 18 heavy (non-hydrogen) atoms. The fourth-order valence-electron chi connectivity index (χ4n) is 1.32. The lowest BCUT2D eigenvalue weighted by molar-refractivity contribution is -0.122. The third-order valence-corrected chi connectivity index (χ3v) is 4.04. The van der Waals surface area contributed by atoms with Crippen LogP contribution in [0.5, 0.6) is 0 Å². The van der Waals surface area contributed by atoms with Gasteiger partial charge in [-0.15, -0.1) is 11.8 Å². The lowest BCUT2D eigenvalue weighted by atomic mass is 10.0. The van der Waals surface area contributed by atoms with Crippen LogP contribution in [0, 0.1) is 0 Å². The predicted molar refractivity (Wildman–Crippen MR) is 79.3 cm³/mol. The lowest BCUT2D eigenvalue weighted by Crippen LogP contribution is -2.42. The van der Waals surface area contributed by atoms with Gasteiger partial charge >= 0.3 is 0 Å². The van der Waals surface area contributed by atoms with Crippen molar-refractivity contribution >= 4 is 29.3 Å². The first kappa shape index (κ1) is 15.4. The quantitative estimate of drug-likeness (QED) is 0.797. The highest BCUT2D eigenvalue weighted by Gasteiger charge is 2.17. The van der Waals surface area contributed by atoms with Crippen LogP contribution in [0.4, 0.5) is 0 Å². The van der Waals surface area contributed by atoms with E-state index in [9.17, 15) is 4.79 Å². The van der Waals surface area contributed by atoms with Crippen molar-refractivity contribution in [3.05, 3.63) is 29.3 Å². The molecule has 0 aromatic heterocycles. The Bertz CT molecular complexity index is 389. The Morgan fingerprint density at radius 2 is 1.94 bits per heavy atom. The van der Waals surface area contributed by atoms with Crippen LogP contribution in [0.2, 0.25) is 5.02 Å². The molecule has 0 aliphatic carbocycles. The Labute approximate surface area is 118 Å². The summed E-state index contributed by atoms with van der Waals surface area (Å²) in [5.41, 5.74) is -0.109. The van der Waals surface area contributed by atoms with Crippen LogP contribution in [0.3, 0.4) is 0 Å². The molecule has 0 spiro atoms. The first-order valence-corrected chi connectivity index (χ1v) is 7.49. The van der Waals surface area contributed by atoms with Crippen LogP contribution in [0.15, 0.2) is 29.2 Å². The number of carbonyl (C=O) groups is 1. The number of carbonyl (C=O) groups excluding carboxylic acids is 1. The number of amides is 1. The SMILES string of the molecule is CCC(C)(C)NC(=O)CCSc1ccc(Cl)cc1. The molecule has 0 atom stereocenters. The van der Waals surface area contributed by atoms with E-state index in [1.807, 2.05) is 38.1 Å². The Morgan fingerprint density at radius 1 is 1.33 bits per heavy atom. The number of hydrogen-bond acceptors (Lipinski definition) is 2. The summed E-state index contributed by atoms with van der Waals surface area (Å²) in [6.45, 7) is 6.15. The Hall–Kier alpha value is -0.670. The smallest absolute Gasteiger partial charge is 0.221 e. The van der Waals surface area contributed by atoms with Crippen LogP contribution in [-0.4, -0.2) is 17.2 Å². The molecule has 1 rings (SSSR count). The van der Waals surface area contributed by atoms with Gasteiger partial charge in [0.05, 0.1) is 0 Å². The fourth-order valence-corrected chi connectivity index (χ4v) is 2.30. The van der Waals surface area contributed by atoms with Crippen LogP contribution in [0.25, 0.3) is 0 Å². The highest BCUT2D eigenvalue weighted by atomic mass is 35.5. The van der Waals surface area contributed by atoms with E-state index >= 15 is 0 Å². The molecular weight excluding hydrogens is 266 g/mol. The van der Waals surface area contributed by atoms with Crippen LogP contribution < -0.4 is 5.32 Å². The van der Waals surface area contributed by atoms with E-state index in [0.717, 1.165) is 22.1 Å². The van der Waals surface area contributed by atoms with Gasteiger partial charge in [-0.05, 0) is 44.5 Å². The molecule has 0 aliphatic heterocycles. The molecule has 0 heterocycles. The van der Waals surface area contributed by atoms with Gasteiger partial charge in [0.15, 0.2) is 0 Å². The minimum absolute atomic E-state index is 0.109. The molecule has 0 saturated heterocycles. The second kappa shape index (κ2) is 7.05. The van der Waals surface area contributed by atoms with E-state index in [1.54, 1.807) is 11.8 Å². The van der Waals surface area contributed by atoms with E-state index in [4.69, 9.17) is 11.6 Å². The lowest BCUT2D eigenvalue weighted by Gasteiger charge is -2.24. The van der Waals surface area contributed by atoms with Gasteiger partial charge in [0, 0.05) is 27.6 Å². The van der Waals surface area contributed by atoms with Crippen LogP contribution in [0.1, 0.15) is 33.6 Å². The summed E-state index contributed by atoms with van der Waals surface area (Å²) >= 11 is 7.48. The van der Waals surface area contributed by atoms with Gasteiger partial charge in [-0.1, -0.05) is 18.5 Å². The fraction of sp³-hybridized carbons (Fsp3) is 0.500. The maximum atomic E-state index is 11.7. The Balaban J connectivity index is 2.29. The molecule has 4 heteroatoms. The minimum atomic E-state index is -0.109. The van der Waals surface area contributed by atoms with Gasteiger partial charge in [-0.25, -0.2) is 0 Å². The molecule has 1 aromatic carbocycles. The minimum Gasteiger partial charge on any atom is -0.351 e. The normalized spacial score (nSPS) is 11.3. The molecule has 1 N–H and O–H groups in total. The summed E-state index contributed by atoms with van der Waals surface area (Å²) in [5.74, 6) is 0.899. The Morgan fingerprint density at radius 3 is 2.50 bits per heavy atom. The molecular formula is C14H20ClNOS. The zero-order chi connectivity index (χ0) is 13.6. The molecule has 2 nitrogen and oxygen atoms in total. The third kappa shape index (κ3) is 5.78. The second-order valence-electron chi connectivity index (χ2n) is 4.84. The molecule has 0 fully saturated rings. The maximum absolute atomic E-state index is 11.7. The predicted octanol–water partition coefficient (Wildman–Crippen LogP) is 4.13. The zero-order valence-electron chi connectivity index (χ0n) is 11.1. The third-order valence-electron chi connectivity index (χ3n) is 2.77. The van der Waals surface area contributed by atoms with Crippen molar-refractivity contribution in [1.82, 2.24) is 5.32 Å². The first-order chi connectivity index (χ1) is 8.43. The van der Waals surface area contributed by atoms with Crippen molar-refractivity contribution in [1.29, 1.82) is 0 Å². The van der Waals surface area contributed by atoms with Crippen LogP contribution >= 0.6 is 23.4 Å². The molecule has 1 aromatic rings. The maximum Gasteiger partial charge on any atom is 0.221 e. The Kier molecular flexibility index (Phi) is 6.03. The largest absolute Gasteiger partial charge is 0.351 e. The van der Waals surface area contributed by atoms with Crippen molar-refractivity contribution in [2.24, 2.45) is 0 Å². The highest BCUT2D eigenvalue weighted by Crippen LogP contribution is 2.21. The number of benzene rings is 1. The molecule has 0 unspecified atom stereocenters. The van der Waals surface area contributed by atoms with Crippen molar-refractivity contribution in [3.63, 3.8) is 0 Å². The van der Waals surface area contributed by atoms with E-state index in [2.05, 4.69) is 12.2 Å². The summed E-state index contributed by atoms with van der Waals surface area (Å²) in [6.07, 6.45) is 1.47. The highest BCUT2D eigenvalue weighted by molar-refractivity contribution is 7.99. The molecule has 100 valence electrons. The van der Waals surface area contributed by atoms with Gasteiger partial charge < -0.3 is 5.32 Å². The zero-order valence-corrected chi connectivity index (χ0v) is 12.7. The van der Waals surface area contributed by atoms with E-state index in [0.29, 0.717) is 6.42 Å². The summed E-state index contributed by atoms with van der Waals surface area (Å²) in [4.78, 5) is 12.9. The number of rotatable bonds is 6. The average molecular weight is 286 g/mol. The summed E-state index contributed by atoms with van der Waals surface area (Å²) < 4.78 is 0. The summed E-state index contributed by atoms with van der Waals surface area (Å²) in [7, 11) is 0. The molecule has 0 bridgehead atoms. The summed E-state index contributed by atoms with van der Waals surface area (Å²) in [5, 5.41) is 3.77. The molecule has 0 saturated carbocycles. The number of hydrogen-bond donors (Lipinski definition) is 1. The average Bonchev–Trinajstić information content (AvgIpc) is 2.31. The number of thioether (sulfide) groups is 1. The van der Waals surface area contributed by atoms with Gasteiger partial charge in [0.2, 0.25) is 5.91 Å². The van der Waals surface area contributed by atoms with E-state index in [1.165, 1.54) is 0 Å². The molecule has 0 radical (unpaired) electrons. The van der Waals surface area contributed by atoms with Crippen molar-refractivity contribution in [2.75, 3.05) is 5.75 Å². The van der Waals surface area contributed by atoms with Crippen molar-refractivity contribution < 1.29 is 4.79 Å². The number of nitrogens with one attached hydrogen (secondary N) is 1. The van der Waals surface area contributed by atoms with Gasteiger partial charge in [-0.2, -0.15) is 0 Å². The van der Waals surface area contributed by atoms with E-state index in [-0.39, 0.29) is 11.4 Å². The standard InChI is InChI=1S/C14H20ClNOS/c1-4-14(2,3)16-13(17)9-10-18-12-7-5-11(15)6-8-12/h5-8H,4,9-10H2,1-3H3,(H,16,17). The van der Waals surface area contributed by atoms with Gasteiger partial charge in [-0.3, -0.25) is 4.79 Å². The first-order valence-electron chi connectivity index (χ1n) is 6.12. The molecule has 0 aliphatic rings. The number of halogens is 1. The molecule has 1 amide bonds.